The summed E-state index contributed by atoms with van der Waals surface area (Å²) in [6.45, 7) is 13.7. The summed E-state index contributed by atoms with van der Waals surface area (Å²) in [6.07, 6.45) is 7.78. The second-order valence-corrected chi connectivity index (χ2v) is 13.9. The van der Waals surface area contributed by atoms with E-state index in [0.29, 0.717) is 31.5 Å². The van der Waals surface area contributed by atoms with Gasteiger partial charge in [0.25, 0.3) is 0 Å². The van der Waals surface area contributed by atoms with Crippen LogP contribution in [0.2, 0.25) is 0 Å². The summed E-state index contributed by atoms with van der Waals surface area (Å²) < 4.78 is 20.4. The molecule has 2 fully saturated rings. The smallest absolute Gasteiger partial charge is 0.410 e. The standard InChI is InChI=1S/C35H48N4O7/c1-9-28-35(7)31-21(3)30(41)26(15-34(6,44-8)23(5)20(2)29(40)22(4)32(42)45-28)24-14-25(17-36-16-24)27-18-38(19-37-27)12-10-11-13-39(31)33(43)46-35/h14,16-23,26,28,31H,9-13,15H2,1-8H3/t20-,21+,22-,23-,26+,28-,31-,34-,35-/m1/s1. The number of esters is 1. The molecule has 0 N–H and O–H groups in total. The first kappa shape index (κ1) is 33.8. The molecule has 5 heterocycles. The first-order chi connectivity index (χ1) is 21.8. The van der Waals surface area contributed by atoms with Crippen molar-refractivity contribution in [2.75, 3.05) is 13.7 Å². The van der Waals surface area contributed by atoms with E-state index in [1.807, 2.05) is 44.5 Å². The molecule has 9 atom stereocenters. The number of imidazole rings is 1. The van der Waals surface area contributed by atoms with Crippen LogP contribution in [0.3, 0.4) is 0 Å². The van der Waals surface area contributed by atoms with Crippen LogP contribution in [-0.2, 0) is 35.1 Å². The van der Waals surface area contributed by atoms with Crippen LogP contribution in [0.5, 0.6) is 0 Å². The molecule has 0 saturated carbocycles. The van der Waals surface area contributed by atoms with Crippen LogP contribution in [0.15, 0.2) is 31.0 Å². The van der Waals surface area contributed by atoms with Gasteiger partial charge in [0.1, 0.15) is 23.6 Å². The van der Waals surface area contributed by atoms with Crippen LogP contribution in [0.25, 0.3) is 11.3 Å². The molecule has 11 heteroatoms. The van der Waals surface area contributed by atoms with Crippen molar-refractivity contribution >= 4 is 23.6 Å². The number of amides is 1. The molecule has 46 heavy (non-hydrogen) atoms. The van der Waals surface area contributed by atoms with Gasteiger partial charge in [-0.3, -0.25) is 19.4 Å². The zero-order valence-corrected chi connectivity index (χ0v) is 28.3. The molecular formula is C35H48N4O7. The minimum absolute atomic E-state index is 0.111. The molecule has 2 saturated heterocycles. The first-order valence-corrected chi connectivity index (χ1v) is 16.6. The lowest BCUT2D eigenvalue weighted by molar-refractivity contribution is -0.172. The summed E-state index contributed by atoms with van der Waals surface area (Å²) in [6, 6.07) is 1.23. The third-order valence-electron chi connectivity index (χ3n) is 11.2. The van der Waals surface area contributed by atoms with Gasteiger partial charge in [-0.15, -0.1) is 0 Å². The summed E-state index contributed by atoms with van der Waals surface area (Å²) in [5.74, 6) is -4.45. The average molecular weight is 637 g/mol. The predicted molar refractivity (Wildman–Crippen MR) is 170 cm³/mol. The first-order valence-electron chi connectivity index (χ1n) is 16.6. The molecule has 3 aliphatic rings. The molecule has 3 aliphatic heterocycles. The van der Waals surface area contributed by atoms with Crippen molar-refractivity contribution in [2.24, 2.45) is 23.7 Å². The molecule has 0 spiro atoms. The minimum atomic E-state index is -1.34. The Morgan fingerprint density at radius 2 is 1.72 bits per heavy atom. The molecule has 0 unspecified atom stereocenters. The van der Waals surface area contributed by atoms with E-state index in [-0.39, 0.29) is 23.9 Å². The number of carbonyl (C=O) groups excluding carboxylic acids is 4. The molecule has 2 aromatic rings. The van der Waals surface area contributed by atoms with Gasteiger partial charge in [-0.1, -0.05) is 27.7 Å². The average Bonchev–Trinajstić information content (AvgIpc) is 3.63. The highest BCUT2D eigenvalue weighted by molar-refractivity contribution is 6.00. The number of pyridine rings is 1. The van der Waals surface area contributed by atoms with Gasteiger partial charge < -0.3 is 23.7 Å². The van der Waals surface area contributed by atoms with E-state index in [0.717, 1.165) is 17.7 Å². The van der Waals surface area contributed by atoms with Gasteiger partial charge in [0, 0.05) is 62.1 Å². The van der Waals surface area contributed by atoms with Crippen LogP contribution in [0.4, 0.5) is 4.79 Å². The number of ketones is 2. The molecule has 0 aromatic carbocycles. The van der Waals surface area contributed by atoms with Gasteiger partial charge >= 0.3 is 12.1 Å². The number of rotatable bonds is 2. The fraction of sp³-hybridized carbons (Fsp3) is 0.657. The Balaban J connectivity index is 1.73. The number of carbonyl (C=O) groups is 4. The largest absolute Gasteiger partial charge is 0.458 e. The van der Waals surface area contributed by atoms with Crippen molar-refractivity contribution in [1.29, 1.82) is 0 Å². The number of hydrogen-bond acceptors (Lipinski definition) is 9. The van der Waals surface area contributed by atoms with Crippen molar-refractivity contribution in [1.82, 2.24) is 19.4 Å². The van der Waals surface area contributed by atoms with Crippen LogP contribution >= 0.6 is 0 Å². The van der Waals surface area contributed by atoms with E-state index in [1.165, 1.54) is 0 Å². The lowest BCUT2D eigenvalue weighted by atomic mass is 9.69. The maximum atomic E-state index is 15.0. The third-order valence-corrected chi connectivity index (χ3v) is 11.2. The second-order valence-electron chi connectivity index (χ2n) is 13.9. The number of nitrogens with zero attached hydrogens (tertiary/aromatic N) is 4. The highest BCUT2D eigenvalue weighted by Crippen LogP contribution is 2.45. The van der Waals surface area contributed by atoms with Gasteiger partial charge in [-0.2, -0.15) is 0 Å². The number of aryl methyl sites for hydroxylation is 1. The van der Waals surface area contributed by atoms with Crippen LogP contribution in [-0.4, -0.2) is 80.1 Å². The van der Waals surface area contributed by atoms with Crippen molar-refractivity contribution in [2.45, 2.75) is 110 Å². The number of cyclic esters (lactones) is 1. The molecule has 250 valence electrons. The summed E-state index contributed by atoms with van der Waals surface area (Å²) in [5, 5.41) is 0. The summed E-state index contributed by atoms with van der Waals surface area (Å²) in [7, 11) is 1.59. The van der Waals surface area contributed by atoms with E-state index in [9.17, 15) is 14.4 Å². The Morgan fingerprint density at radius 1 is 1.00 bits per heavy atom. The Bertz CT molecular complexity index is 1490. The number of hydrogen-bond donors (Lipinski definition) is 0. The number of ether oxygens (including phenoxy) is 3. The maximum Gasteiger partial charge on any atom is 0.410 e. The predicted octanol–water partition coefficient (Wildman–Crippen LogP) is 5.22. The van der Waals surface area contributed by atoms with Gasteiger partial charge in [0.15, 0.2) is 5.60 Å². The number of Topliss-reactive ketones (excluding diaryl/α,β-unsaturated/α-hetero) is 2. The van der Waals surface area contributed by atoms with Gasteiger partial charge in [-0.25, -0.2) is 9.78 Å². The fourth-order valence-corrected chi connectivity index (χ4v) is 7.83. The highest BCUT2D eigenvalue weighted by atomic mass is 16.6. The lowest BCUT2D eigenvalue weighted by Gasteiger charge is -2.43. The molecule has 0 aliphatic carbocycles. The molecule has 11 nitrogen and oxygen atoms in total. The van der Waals surface area contributed by atoms with Crippen molar-refractivity contribution in [3.8, 4) is 11.3 Å². The van der Waals surface area contributed by atoms with Gasteiger partial charge in [0.05, 0.1) is 23.7 Å². The molecule has 5 rings (SSSR count). The summed E-state index contributed by atoms with van der Waals surface area (Å²) in [4.78, 5) is 66.8. The third kappa shape index (κ3) is 5.87. The Labute approximate surface area is 271 Å². The Hall–Kier alpha value is -3.60. The summed E-state index contributed by atoms with van der Waals surface area (Å²) >= 11 is 0. The molecule has 6 bridgehead atoms. The monoisotopic (exact) mass is 636 g/mol. The van der Waals surface area contributed by atoms with E-state index in [4.69, 9.17) is 14.2 Å². The van der Waals surface area contributed by atoms with Crippen LogP contribution in [0, 0.1) is 23.7 Å². The molecule has 0 radical (unpaired) electrons. The van der Waals surface area contributed by atoms with Crippen molar-refractivity contribution in [3.63, 3.8) is 0 Å². The number of aromatic nitrogens is 3. The quantitative estimate of drug-likeness (QED) is 0.322. The minimum Gasteiger partial charge on any atom is -0.458 e. The molecule has 1 amide bonds. The Kier molecular flexibility index (Phi) is 9.46. The normalized spacial score (nSPS) is 36.0. The zero-order valence-electron chi connectivity index (χ0n) is 28.3. The highest BCUT2D eigenvalue weighted by Gasteiger charge is 2.60. The topological polar surface area (TPSA) is 130 Å². The Morgan fingerprint density at radius 3 is 2.41 bits per heavy atom. The van der Waals surface area contributed by atoms with E-state index in [1.54, 1.807) is 51.5 Å². The SMILES string of the molecule is CC[C@H]1OC(=O)[C@H](C)C(=O)[C@H](C)[C@@H](C)[C@](C)(OC)C[C@@H]2C(=O)[C@H](C)[C@H]3N(CCCCn4cnc(c4)-c4cncc2c4)C(=O)O[C@]13C. The molecular weight excluding hydrogens is 588 g/mol. The maximum absolute atomic E-state index is 15.0. The lowest BCUT2D eigenvalue weighted by Crippen LogP contribution is -2.58. The second kappa shape index (κ2) is 12.9. The van der Waals surface area contributed by atoms with Crippen molar-refractivity contribution < 1.29 is 33.4 Å². The number of fused-ring (bicyclic) bond motifs is 8. The van der Waals surface area contributed by atoms with Crippen molar-refractivity contribution in [3.05, 3.63) is 36.5 Å². The van der Waals surface area contributed by atoms with E-state index >= 15 is 4.79 Å². The number of methoxy groups -OCH3 is 1. The fourth-order valence-electron chi connectivity index (χ4n) is 7.83. The van der Waals surface area contributed by atoms with Gasteiger partial charge in [0.2, 0.25) is 0 Å². The van der Waals surface area contributed by atoms with E-state index in [2.05, 4.69) is 9.97 Å². The van der Waals surface area contributed by atoms with Gasteiger partial charge in [-0.05, 0) is 64.0 Å². The van der Waals surface area contributed by atoms with Crippen LogP contribution < -0.4 is 0 Å². The zero-order chi connectivity index (χ0) is 33.6. The van der Waals surface area contributed by atoms with E-state index < -0.39 is 59.1 Å². The van der Waals surface area contributed by atoms with Crippen LogP contribution in [0.1, 0.15) is 85.6 Å². The molecule has 2 aromatic heterocycles. The summed E-state index contributed by atoms with van der Waals surface area (Å²) in [5.41, 5.74) is -0.0407.